The first-order chi connectivity index (χ1) is 13.2. The number of hydrogen-bond acceptors (Lipinski definition) is 3. The number of rotatable bonds is 4. The summed E-state index contributed by atoms with van der Waals surface area (Å²) in [5.74, 6) is -1.04. The Kier molecular flexibility index (Phi) is 4.64. The van der Waals surface area contributed by atoms with E-state index in [2.05, 4.69) is 5.32 Å². The molecule has 1 heterocycles. The monoisotopic (exact) mass is 414 g/mol. The summed E-state index contributed by atoms with van der Waals surface area (Å²) in [5, 5.41) is 2.31. The molecule has 2 aliphatic carbocycles. The summed E-state index contributed by atoms with van der Waals surface area (Å²) < 4.78 is 38.5. The number of nitrogens with one attached hydrogen (secondary N) is 1. The van der Waals surface area contributed by atoms with Gasteiger partial charge in [0.2, 0.25) is 17.7 Å². The lowest BCUT2D eigenvalue weighted by Crippen LogP contribution is -2.35. The van der Waals surface area contributed by atoms with E-state index in [-0.39, 0.29) is 59.2 Å². The molecule has 4 atom stereocenters. The topological polar surface area (TPSA) is 66.5 Å². The van der Waals surface area contributed by atoms with Crippen LogP contribution in [0.4, 0.5) is 18.9 Å². The molecule has 1 N–H and O–H groups in total. The van der Waals surface area contributed by atoms with Gasteiger partial charge in [-0.3, -0.25) is 19.3 Å². The molecular formula is C19H18ClF3N2O3. The normalized spacial score (nSPS) is 28.8. The van der Waals surface area contributed by atoms with Gasteiger partial charge in [-0.2, -0.15) is 13.2 Å². The van der Waals surface area contributed by atoms with Crippen LogP contribution in [-0.4, -0.2) is 29.2 Å². The van der Waals surface area contributed by atoms with Gasteiger partial charge >= 0.3 is 6.18 Å². The molecule has 1 aromatic rings. The Hall–Kier alpha value is -2.09. The number of likely N-dealkylation sites (tertiary alicyclic amines) is 1. The summed E-state index contributed by atoms with van der Waals surface area (Å²) in [6, 6.07) is 2.64. The van der Waals surface area contributed by atoms with Gasteiger partial charge in [0.1, 0.15) is 0 Å². The fourth-order valence-electron chi connectivity index (χ4n) is 4.91. The molecule has 3 amide bonds. The molecule has 150 valence electrons. The minimum atomic E-state index is -4.56. The number of alkyl halides is 3. The standard InChI is InChI=1S/C19H18ClF3N2O3/c20-12-4-3-11(19(21,22)23)8-13(12)24-14(26)5-6-25-17(27)15-9-1-2-10(7-9)16(15)18(25)28/h3-4,8-10,15-16H,1-2,5-7H2,(H,24,26)/t9-,10-,15-,16-/m0/s1. The zero-order valence-corrected chi connectivity index (χ0v) is 15.5. The summed E-state index contributed by atoms with van der Waals surface area (Å²) in [4.78, 5) is 38.5. The second-order valence-corrected chi connectivity index (χ2v) is 8.11. The zero-order valence-electron chi connectivity index (χ0n) is 14.8. The van der Waals surface area contributed by atoms with Gasteiger partial charge in [0.15, 0.2) is 0 Å². The first-order valence-electron chi connectivity index (χ1n) is 9.18. The third-order valence-electron chi connectivity index (χ3n) is 6.15. The second kappa shape index (κ2) is 6.76. The third-order valence-corrected chi connectivity index (χ3v) is 6.48. The number of benzene rings is 1. The first kappa shape index (κ1) is 19.2. The van der Waals surface area contributed by atoms with Gasteiger partial charge in [-0.1, -0.05) is 11.6 Å². The lowest BCUT2D eigenvalue weighted by atomic mass is 9.81. The number of anilines is 1. The highest BCUT2D eigenvalue weighted by Gasteiger charge is 2.60. The molecule has 5 nitrogen and oxygen atoms in total. The Morgan fingerprint density at radius 3 is 2.32 bits per heavy atom. The molecular weight excluding hydrogens is 397 g/mol. The molecule has 0 unspecified atom stereocenters. The fourth-order valence-corrected chi connectivity index (χ4v) is 5.08. The number of carbonyl (C=O) groups is 3. The van der Waals surface area contributed by atoms with Crippen molar-refractivity contribution < 1.29 is 27.6 Å². The van der Waals surface area contributed by atoms with Gasteiger partial charge in [-0.15, -0.1) is 0 Å². The summed E-state index contributed by atoms with van der Waals surface area (Å²) in [6.07, 6.45) is -1.90. The molecule has 2 saturated carbocycles. The quantitative estimate of drug-likeness (QED) is 0.764. The maximum Gasteiger partial charge on any atom is 0.416 e. The summed E-state index contributed by atoms with van der Waals surface area (Å²) in [5.41, 5.74) is -1.09. The molecule has 3 aliphatic rings. The average Bonchev–Trinajstić information content (AvgIpc) is 3.29. The molecule has 1 saturated heterocycles. The van der Waals surface area contributed by atoms with Crippen LogP contribution in [-0.2, 0) is 20.6 Å². The molecule has 28 heavy (non-hydrogen) atoms. The van der Waals surface area contributed by atoms with Crippen molar-refractivity contribution in [2.24, 2.45) is 23.7 Å². The first-order valence-corrected chi connectivity index (χ1v) is 9.56. The van der Waals surface area contributed by atoms with Gasteiger partial charge in [-0.05, 0) is 49.3 Å². The maximum atomic E-state index is 12.8. The van der Waals surface area contributed by atoms with Crippen molar-refractivity contribution in [1.82, 2.24) is 4.90 Å². The van der Waals surface area contributed by atoms with Crippen molar-refractivity contribution in [3.63, 3.8) is 0 Å². The van der Waals surface area contributed by atoms with E-state index in [9.17, 15) is 27.6 Å². The number of fused-ring (bicyclic) bond motifs is 5. The lowest BCUT2D eigenvalue weighted by molar-refractivity contribution is -0.141. The molecule has 0 radical (unpaired) electrons. The molecule has 2 bridgehead atoms. The van der Waals surface area contributed by atoms with Crippen molar-refractivity contribution in [2.75, 3.05) is 11.9 Å². The number of imide groups is 1. The van der Waals surface area contributed by atoms with Crippen LogP contribution < -0.4 is 5.32 Å². The van der Waals surface area contributed by atoms with Gasteiger partial charge < -0.3 is 5.32 Å². The van der Waals surface area contributed by atoms with Crippen LogP contribution in [0.1, 0.15) is 31.2 Å². The van der Waals surface area contributed by atoms with E-state index in [1.54, 1.807) is 0 Å². The molecule has 3 fully saturated rings. The molecule has 1 aromatic carbocycles. The Bertz CT molecular complexity index is 829. The minimum Gasteiger partial charge on any atom is -0.325 e. The number of nitrogens with zero attached hydrogens (tertiary/aromatic N) is 1. The van der Waals surface area contributed by atoms with Crippen LogP contribution in [0.3, 0.4) is 0 Å². The van der Waals surface area contributed by atoms with Crippen molar-refractivity contribution >= 4 is 35.0 Å². The van der Waals surface area contributed by atoms with Crippen molar-refractivity contribution in [2.45, 2.75) is 31.9 Å². The predicted molar refractivity (Wildman–Crippen MR) is 94.2 cm³/mol. The lowest BCUT2D eigenvalue weighted by Gasteiger charge is -2.19. The number of carbonyl (C=O) groups excluding carboxylic acids is 3. The van der Waals surface area contributed by atoms with Crippen LogP contribution in [0.15, 0.2) is 18.2 Å². The van der Waals surface area contributed by atoms with E-state index >= 15 is 0 Å². The van der Waals surface area contributed by atoms with E-state index in [4.69, 9.17) is 11.6 Å². The number of halogens is 4. The Morgan fingerprint density at radius 2 is 1.75 bits per heavy atom. The molecule has 9 heteroatoms. The van der Waals surface area contributed by atoms with E-state index in [0.717, 1.165) is 42.4 Å². The van der Waals surface area contributed by atoms with Crippen molar-refractivity contribution in [1.29, 1.82) is 0 Å². The van der Waals surface area contributed by atoms with Crippen molar-refractivity contribution in [3.8, 4) is 0 Å². The van der Waals surface area contributed by atoms with E-state index in [0.29, 0.717) is 0 Å². The van der Waals surface area contributed by atoms with Crippen LogP contribution in [0.5, 0.6) is 0 Å². The minimum absolute atomic E-state index is 0.0271. The highest BCUT2D eigenvalue weighted by atomic mass is 35.5. The Balaban J connectivity index is 1.39. The van der Waals surface area contributed by atoms with Crippen LogP contribution >= 0.6 is 11.6 Å². The fraction of sp³-hybridized carbons (Fsp3) is 0.526. The van der Waals surface area contributed by atoms with Crippen LogP contribution in [0.2, 0.25) is 5.02 Å². The van der Waals surface area contributed by atoms with Gasteiger partial charge in [0.05, 0.1) is 28.1 Å². The Labute approximate surface area is 164 Å². The smallest absolute Gasteiger partial charge is 0.325 e. The maximum absolute atomic E-state index is 12.8. The second-order valence-electron chi connectivity index (χ2n) is 7.70. The van der Waals surface area contributed by atoms with Crippen LogP contribution in [0, 0.1) is 23.7 Å². The average molecular weight is 415 g/mol. The summed E-state index contributed by atoms with van der Waals surface area (Å²) >= 11 is 5.87. The predicted octanol–water partition coefficient (Wildman–Crippen LogP) is 3.72. The molecule has 4 rings (SSSR count). The third kappa shape index (κ3) is 3.17. The number of hydrogen-bond donors (Lipinski definition) is 1. The molecule has 1 aliphatic heterocycles. The largest absolute Gasteiger partial charge is 0.416 e. The van der Waals surface area contributed by atoms with E-state index in [1.165, 1.54) is 0 Å². The Morgan fingerprint density at radius 1 is 1.14 bits per heavy atom. The highest BCUT2D eigenvalue weighted by Crippen LogP contribution is 2.56. The highest BCUT2D eigenvalue weighted by molar-refractivity contribution is 6.33. The van der Waals surface area contributed by atoms with E-state index in [1.807, 2.05) is 0 Å². The zero-order chi connectivity index (χ0) is 20.2. The van der Waals surface area contributed by atoms with Gasteiger partial charge in [0, 0.05) is 13.0 Å². The molecule has 0 spiro atoms. The SMILES string of the molecule is O=C(CCN1C(=O)[C@H]2[C@H]3CC[C@@H](C3)[C@@H]2C1=O)Nc1cc(C(F)(F)F)ccc1Cl. The van der Waals surface area contributed by atoms with E-state index < -0.39 is 17.6 Å². The van der Waals surface area contributed by atoms with Crippen LogP contribution in [0.25, 0.3) is 0 Å². The molecule has 0 aromatic heterocycles. The van der Waals surface area contributed by atoms with Gasteiger partial charge in [-0.25, -0.2) is 0 Å². The summed E-state index contributed by atoms with van der Waals surface area (Å²) in [6.45, 7) is -0.0769. The van der Waals surface area contributed by atoms with Crippen molar-refractivity contribution in [3.05, 3.63) is 28.8 Å². The summed E-state index contributed by atoms with van der Waals surface area (Å²) in [7, 11) is 0. The van der Waals surface area contributed by atoms with Gasteiger partial charge in [0.25, 0.3) is 0 Å². The number of amides is 3.